The number of aromatic amines is 1. The van der Waals surface area contributed by atoms with Crippen LogP contribution in [0, 0.1) is 0 Å². The summed E-state index contributed by atoms with van der Waals surface area (Å²) in [7, 11) is 2.09. The molecule has 22 heavy (non-hydrogen) atoms. The van der Waals surface area contributed by atoms with Gasteiger partial charge in [-0.05, 0) is 32.1 Å². The van der Waals surface area contributed by atoms with Crippen LogP contribution in [-0.4, -0.2) is 59.1 Å². The number of carbonyl (C=O) groups is 1. The van der Waals surface area contributed by atoms with Crippen molar-refractivity contribution < 1.29 is 4.79 Å². The smallest absolute Gasteiger partial charge is 0.257 e. The van der Waals surface area contributed by atoms with Gasteiger partial charge in [0.15, 0.2) is 0 Å². The maximum absolute atomic E-state index is 12.8. The average Bonchev–Trinajstić information content (AvgIpc) is 2.90. The standard InChI is InChI=1S/C16H19ClN4O/c1-20-7-2-8-21(10-9-20)16(22)14-11-18-19-15(14)12-3-5-13(17)6-4-12/h3-6,11H,2,7-10H2,1H3,(H,18,19). The molecule has 1 N–H and O–H groups in total. The lowest BCUT2D eigenvalue weighted by Crippen LogP contribution is -2.34. The number of halogens is 1. The van der Waals surface area contributed by atoms with Crippen LogP contribution in [0.15, 0.2) is 30.5 Å². The van der Waals surface area contributed by atoms with Crippen molar-refractivity contribution in [2.24, 2.45) is 0 Å². The van der Waals surface area contributed by atoms with E-state index in [9.17, 15) is 4.79 Å². The Morgan fingerprint density at radius 2 is 1.95 bits per heavy atom. The summed E-state index contributed by atoms with van der Waals surface area (Å²) >= 11 is 5.92. The Labute approximate surface area is 134 Å². The van der Waals surface area contributed by atoms with Crippen molar-refractivity contribution in [3.8, 4) is 11.3 Å². The van der Waals surface area contributed by atoms with Crippen LogP contribution in [0.5, 0.6) is 0 Å². The molecule has 1 amide bonds. The van der Waals surface area contributed by atoms with E-state index < -0.39 is 0 Å². The second-order valence-corrected chi connectivity index (χ2v) is 6.05. The van der Waals surface area contributed by atoms with Crippen molar-refractivity contribution in [2.75, 3.05) is 33.2 Å². The molecule has 1 aromatic heterocycles. The number of likely N-dealkylation sites (N-methyl/N-ethyl adjacent to an activating group) is 1. The van der Waals surface area contributed by atoms with E-state index >= 15 is 0 Å². The van der Waals surface area contributed by atoms with Crippen molar-refractivity contribution in [3.63, 3.8) is 0 Å². The molecule has 0 radical (unpaired) electrons. The van der Waals surface area contributed by atoms with Gasteiger partial charge < -0.3 is 9.80 Å². The van der Waals surface area contributed by atoms with E-state index in [4.69, 9.17) is 11.6 Å². The van der Waals surface area contributed by atoms with Gasteiger partial charge in [0, 0.05) is 30.2 Å². The van der Waals surface area contributed by atoms with Crippen LogP contribution in [0.4, 0.5) is 0 Å². The molecule has 0 bridgehead atoms. The van der Waals surface area contributed by atoms with Crippen LogP contribution in [0.3, 0.4) is 0 Å². The highest BCUT2D eigenvalue weighted by Crippen LogP contribution is 2.24. The van der Waals surface area contributed by atoms with Gasteiger partial charge in [0.05, 0.1) is 17.5 Å². The third kappa shape index (κ3) is 3.15. The Kier molecular flexibility index (Phi) is 4.45. The number of hydrogen-bond acceptors (Lipinski definition) is 3. The molecule has 116 valence electrons. The quantitative estimate of drug-likeness (QED) is 0.925. The van der Waals surface area contributed by atoms with Crippen LogP contribution in [0.1, 0.15) is 16.8 Å². The van der Waals surface area contributed by atoms with Gasteiger partial charge in [-0.15, -0.1) is 0 Å². The summed E-state index contributed by atoms with van der Waals surface area (Å²) in [6.45, 7) is 3.47. The molecule has 0 aliphatic carbocycles. The van der Waals surface area contributed by atoms with E-state index in [-0.39, 0.29) is 5.91 Å². The zero-order chi connectivity index (χ0) is 15.5. The van der Waals surface area contributed by atoms with Gasteiger partial charge in [0.2, 0.25) is 0 Å². The molecule has 0 spiro atoms. The summed E-state index contributed by atoms with van der Waals surface area (Å²) in [5, 5.41) is 7.67. The predicted molar refractivity (Wildman–Crippen MR) is 87.1 cm³/mol. The number of rotatable bonds is 2. The molecule has 1 aromatic carbocycles. The van der Waals surface area contributed by atoms with Crippen LogP contribution in [0.2, 0.25) is 5.02 Å². The molecule has 1 aliphatic rings. The van der Waals surface area contributed by atoms with Gasteiger partial charge in [-0.1, -0.05) is 23.7 Å². The third-order valence-corrected chi connectivity index (χ3v) is 4.26. The van der Waals surface area contributed by atoms with Gasteiger partial charge in [-0.2, -0.15) is 5.10 Å². The number of carbonyl (C=O) groups excluding carboxylic acids is 1. The summed E-state index contributed by atoms with van der Waals surface area (Å²) in [5.41, 5.74) is 2.28. The fraction of sp³-hybridized carbons (Fsp3) is 0.375. The summed E-state index contributed by atoms with van der Waals surface area (Å²) in [4.78, 5) is 17.0. The number of H-pyrrole nitrogens is 1. The summed E-state index contributed by atoms with van der Waals surface area (Å²) in [6.07, 6.45) is 2.61. The lowest BCUT2D eigenvalue weighted by Gasteiger charge is -2.20. The number of nitrogens with one attached hydrogen (secondary N) is 1. The molecule has 0 atom stereocenters. The second-order valence-electron chi connectivity index (χ2n) is 5.61. The minimum Gasteiger partial charge on any atom is -0.337 e. The number of amides is 1. The van der Waals surface area contributed by atoms with E-state index in [1.54, 1.807) is 6.20 Å². The van der Waals surface area contributed by atoms with E-state index in [0.29, 0.717) is 10.6 Å². The first-order valence-electron chi connectivity index (χ1n) is 7.42. The van der Waals surface area contributed by atoms with Crippen LogP contribution in [-0.2, 0) is 0 Å². The van der Waals surface area contributed by atoms with Crippen molar-refractivity contribution in [1.82, 2.24) is 20.0 Å². The molecular formula is C16H19ClN4O. The first kappa shape index (κ1) is 15.1. The minimum absolute atomic E-state index is 0.0361. The number of hydrogen-bond donors (Lipinski definition) is 1. The molecule has 1 fully saturated rings. The molecule has 0 unspecified atom stereocenters. The lowest BCUT2D eigenvalue weighted by molar-refractivity contribution is 0.0763. The molecule has 3 rings (SSSR count). The molecular weight excluding hydrogens is 300 g/mol. The fourth-order valence-electron chi connectivity index (χ4n) is 2.70. The molecule has 1 aliphatic heterocycles. The summed E-state index contributed by atoms with van der Waals surface area (Å²) in [5.74, 6) is 0.0361. The SMILES string of the molecule is CN1CCCN(C(=O)c2cn[nH]c2-c2ccc(Cl)cc2)CC1. The normalized spacial score (nSPS) is 16.5. The largest absolute Gasteiger partial charge is 0.337 e. The molecule has 2 heterocycles. The first-order chi connectivity index (χ1) is 10.6. The molecule has 6 heteroatoms. The van der Waals surface area contributed by atoms with Crippen molar-refractivity contribution >= 4 is 17.5 Å². The van der Waals surface area contributed by atoms with Gasteiger partial charge in [0.25, 0.3) is 5.91 Å². The maximum Gasteiger partial charge on any atom is 0.257 e. The monoisotopic (exact) mass is 318 g/mol. The zero-order valence-corrected chi connectivity index (χ0v) is 13.3. The lowest BCUT2D eigenvalue weighted by atomic mass is 10.1. The number of aromatic nitrogens is 2. The molecule has 5 nitrogen and oxygen atoms in total. The highest BCUT2D eigenvalue weighted by molar-refractivity contribution is 6.30. The Morgan fingerprint density at radius 3 is 2.73 bits per heavy atom. The van der Waals surface area contributed by atoms with Crippen LogP contribution in [0.25, 0.3) is 11.3 Å². The molecule has 0 saturated carbocycles. The highest BCUT2D eigenvalue weighted by atomic mass is 35.5. The Hall–Kier alpha value is -1.85. The highest BCUT2D eigenvalue weighted by Gasteiger charge is 2.23. The Morgan fingerprint density at radius 1 is 1.18 bits per heavy atom. The van der Waals surface area contributed by atoms with Crippen LogP contribution >= 0.6 is 11.6 Å². The zero-order valence-electron chi connectivity index (χ0n) is 12.6. The molecule has 2 aromatic rings. The van der Waals surface area contributed by atoms with Crippen molar-refractivity contribution in [1.29, 1.82) is 0 Å². The van der Waals surface area contributed by atoms with E-state index in [1.165, 1.54) is 0 Å². The van der Waals surface area contributed by atoms with E-state index in [2.05, 4.69) is 22.1 Å². The molecule has 1 saturated heterocycles. The third-order valence-electron chi connectivity index (χ3n) is 4.01. The van der Waals surface area contributed by atoms with E-state index in [0.717, 1.165) is 43.9 Å². The Bertz CT molecular complexity index is 652. The number of nitrogens with zero attached hydrogens (tertiary/aromatic N) is 3. The average molecular weight is 319 g/mol. The second kappa shape index (κ2) is 6.50. The first-order valence-corrected chi connectivity index (χ1v) is 7.80. The predicted octanol–water partition coefficient (Wildman–Crippen LogP) is 2.51. The van der Waals surface area contributed by atoms with Gasteiger partial charge in [0.1, 0.15) is 0 Å². The number of benzene rings is 1. The summed E-state index contributed by atoms with van der Waals surface area (Å²) in [6, 6.07) is 7.41. The van der Waals surface area contributed by atoms with Crippen molar-refractivity contribution in [2.45, 2.75) is 6.42 Å². The summed E-state index contributed by atoms with van der Waals surface area (Å²) < 4.78 is 0. The van der Waals surface area contributed by atoms with E-state index in [1.807, 2.05) is 29.2 Å². The van der Waals surface area contributed by atoms with Crippen molar-refractivity contribution in [3.05, 3.63) is 41.0 Å². The van der Waals surface area contributed by atoms with Gasteiger partial charge in [-0.3, -0.25) is 9.89 Å². The van der Waals surface area contributed by atoms with Gasteiger partial charge in [-0.25, -0.2) is 0 Å². The fourth-order valence-corrected chi connectivity index (χ4v) is 2.83. The maximum atomic E-state index is 12.8. The minimum atomic E-state index is 0.0361. The van der Waals surface area contributed by atoms with Crippen LogP contribution < -0.4 is 0 Å². The van der Waals surface area contributed by atoms with Gasteiger partial charge >= 0.3 is 0 Å². The topological polar surface area (TPSA) is 52.2 Å². The Balaban J connectivity index is 1.84.